The summed E-state index contributed by atoms with van der Waals surface area (Å²) in [5.41, 5.74) is 6.21. The molecule has 1 aliphatic rings. The van der Waals surface area contributed by atoms with E-state index in [4.69, 9.17) is 0 Å². The number of pyridine rings is 1. The Morgan fingerprint density at radius 3 is 2.90 bits per heavy atom. The molecule has 4 aromatic rings. The largest absolute Gasteiger partial charge is 0.346 e. The van der Waals surface area contributed by atoms with E-state index < -0.39 is 10.0 Å². The van der Waals surface area contributed by atoms with Gasteiger partial charge in [-0.05, 0) is 43.1 Å². The summed E-state index contributed by atoms with van der Waals surface area (Å²) in [7, 11) is -1.27. The van der Waals surface area contributed by atoms with Gasteiger partial charge in [0, 0.05) is 35.5 Å². The van der Waals surface area contributed by atoms with Crippen molar-refractivity contribution in [3.63, 3.8) is 0 Å². The van der Waals surface area contributed by atoms with Crippen LogP contribution < -0.4 is 0 Å². The van der Waals surface area contributed by atoms with Gasteiger partial charge >= 0.3 is 0 Å². The highest BCUT2D eigenvalue weighted by molar-refractivity contribution is 7.89. The third kappa shape index (κ3) is 3.03. The predicted octanol–water partition coefficient (Wildman–Crippen LogP) is 3.20. The van der Waals surface area contributed by atoms with Crippen molar-refractivity contribution < 1.29 is 8.42 Å². The molecule has 5 rings (SSSR count). The van der Waals surface area contributed by atoms with Gasteiger partial charge in [0.1, 0.15) is 5.65 Å². The van der Waals surface area contributed by atoms with Crippen LogP contribution in [0.25, 0.3) is 22.2 Å². The third-order valence-corrected chi connectivity index (χ3v) is 7.41. The Morgan fingerprint density at radius 2 is 2.07 bits per heavy atom. The van der Waals surface area contributed by atoms with Gasteiger partial charge in [-0.3, -0.25) is 4.90 Å². The molecule has 0 bridgehead atoms. The highest BCUT2D eigenvalue weighted by Crippen LogP contribution is 2.36. The first-order valence-electron chi connectivity index (χ1n) is 10.0. The number of likely N-dealkylation sites (N-methyl/N-ethyl adjacent to an activating group) is 1. The predicted molar refractivity (Wildman–Crippen MR) is 117 cm³/mol. The first kappa shape index (κ1) is 19.0. The molecule has 3 aromatic heterocycles. The molecule has 1 aromatic carbocycles. The van der Waals surface area contributed by atoms with E-state index in [1.165, 1.54) is 11.1 Å². The van der Waals surface area contributed by atoms with E-state index in [1.807, 2.05) is 12.4 Å². The van der Waals surface area contributed by atoms with Crippen molar-refractivity contribution in [1.82, 2.24) is 24.1 Å². The molecule has 0 saturated heterocycles. The fraction of sp³-hybridized carbons (Fsp3) is 0.273. The lowest BCUT2D eigenvalue weighted by Crippen LogP contribution is -2.32. The summed E-state index contributed by atoms with van der Waals surface area (Å²) in [5, 5.41) is 5.02. The number of nitrogens with zero attached hydrogens (tertiary/aromatic N) is 4. The number of rotatable bonds is 4. The van der Waals surface area contributed by atoms with E-state index in [9.17, 15) is 8.42 Å². The zero-order valence-electron chi connectivity index (χ0n) is 16.9. The second-order valence-electron chi connectivity index (χ2n) is 7.70. The van der Waals surface area contributed by atoms with Gasteiger partial charge in [0.15, 0.2) is 0 Å². The van der Waals surface area contributed by atoms with E-state index in [-0.39, 0.29) is 11.8 Å². The van der Waals surface area contributed by atoms with Crippen LogP contribution in [0.1, 0.15) is 29.7 Å². The molecule has 154 valence electrons. The number of hydrogen-bond donors (Lipinski definition) is 1. The van der Waals surface area contributed by atoms with Crippen LogP contribution in [0, 0.1) is 0 Å². The van der Waals surface area contributed by atoms with Crippen LogP contribution in [0.4, 0.5) is 0 Å². The van der Waals surface area contributed by atoms with Gasteiger partial charge in [0.2, 0.25) is 0 Å². The fourth-order valence-corrected chi connectivity index (χ4v) is 4.99. The standard InChI is InChI=1S/C22H23N5O2S/c1-3-30(28,29)27-14-17(12-25-27)20-13-24-22-19(20)10-16(11-23-22)21-18-7-5-4-6-15(18)8-9-26(21)2/h4-7,10-14,21H,3,8-9H2,1-2H3,(H,23,24). The average Bonchev–Trinajstić information content (AvgIpc) is 3.40. The number of fused-ring (bicyclic) bond motifs is 2. The van der Waals surface area contributed by atoms with Crippen LogP contribution in [0.2, 0.25) is 0 Å². The molecule has 30 heavy (non-hydrogen) atoms. The molecule has 8 heteroatoms. The molecule has 1 aliphatic heterocycles. The van der Waals surface area contributed by atoms with Crippen LogP contribution in [-0.4, -0.2) is 51.8 Å². The summed E-state index contributed by atoms with van der Waals surface area (Å²) >= 11 is 0. The SMILES string of the molecule is CCS(=O)(=O)n1cc(-c2c[nH]c3ncc(C4c5ccccc5CCN4C)cc23)cn1. The Labute approximate surface area is 175 Å². The number of H-pyrrole nitrogens is 1. The summed E-state index contributed by atoms with van der Waals surface area (Å²) < 4.78 is 25.3. The number of aromatic amines is 1. The third-order valence-electron chi connectivity index (χ3n) is 5.91. The number of nitrogens with one attached hydrogen (secondary N) is 1. The maximum atomic E-state index is 12.1. The zero-order valence-corrected chi connectivity index (χ0v) is 17.7. The minimum absolute atomic E-state index is 0.00112. The van der Waals surface area contributed by atoms with E-state index in [1.54, 1.807) is 19.3 Å². The number of hydrogen-bond acceptors (Lipinski definition) is 5. The zero-order chi connectivity index (χ0) is 20.9. The Balaban J connectivity index is 1.61. The monoisotopic (exact) mass is 421 g/mol. The lowest BCUT2D eigenvalue weighted by molar-refractivity contribution is 0.264. The van der Waals surface area contributed by atoms with Gasteiger partial charge in [-0.2, -0.15) is 9.19 Å². The molecule has 1 unspecified atom stereocenters. The first-order chi connectivity index (χ1) is 14.5. The Morgan fingerprint density at radius 1 is 1.23 bits per heavy atom. The topological polar surface area (TPSA) is 83.9 Å². The lowest BCUT2D eigenvalue weighted by atomic mass is 9.89. The Kier molecular flexibility index (Phi) is 4.48. The molecule has 0 spiro atoms. The molecule has 4 heterocycles. The van der Waals surface area contributed by atoms with Gasteiger partial charge in [-0.1, -0.05) is 24.3 Å². The first-order valence-corrected chi connectivity index (χ1v) is 11.6. The lowest BCUT2D eigenvalue weighted by Gasteiger charge is -2.34. The van der Waals surface area contributed by atoms with E-state index in [0.29, 0.717) is 0 Å². The fourth-order valence-electron chi connectivity index (χ4n) is 4.26. The van der Waals surface area contributed by atoms with Crippen LogP contribution >= 0.6 is 0 Å². The van der Waals surface area contributed by atoms with Crippen molar-refractivity contribution in [1.29, 1.82) is 0 Å². The quantitative estimate of drug-likeness (QED) is 0.547. The minimum atomic E-state index is -3.41. The van der Waals surface area contributed by atoms with Crippen molar-refractivity contribution in [2.24, 2.45) is 0 Å². The van der Waals surface area contributed by atoms with Crippen molar-refractivity contribution in [2.45, 2.75) is 19.4 Å². The smallest absolute Gasteiger partial charge is 0.253 e. The highest BCUT2D eigenvalue weighted by atomic mass is 32.2. The molecule has 0 aliphatic carbocycles. The molecule has 1 atom stereocenters. The number of benzene rings is 1. The highest BCUT2D eigenvalue weighted by Gasteiger charge is 2.27. The summed E-state index contributed by atoms with van der Waals surface area (Å²) in [4.78, 5) is 10.2. The molecular formula is C22H23N5O2S. The van der Waals surface area contributed by atoms with Gasteiger partial charge in [-0.15, -0.1) is 0 Å². The van der Waals surface area contributed by atoms with Gasteiger partial charge in [0.05, 0.1) is 24.2 Å². The molecule has 7 nitrogen and oxygen atoms in total. The maximum absolute atomic E-state index is 12.1. The van der Waals surface area contributed by atoms with Crippen molar-refractivity contribution >= 4 is 21.1 Å². The second-order valence-corrected chi connectivity index (χ2v) is 9.82. The van der Waals surface area contributed by atoms with Gasteiger partial charge in [0.25, 0.3) is 10.0 Å². The normalized spacial score (nSPS) is 17.3. The van der Waals surface area contributed by atoms with Gasteiger partial charge < -0.3 is 4.98 Å². The van der Waals surface area contributed by atoms with Crippen LogP contribution in [0.15, 0.2) is 55.1 Å². The Bertz CT molecular complexity index is 1340. The van der Waals surface area contributed by atoms with Crippen molar-refractivity contribution in [3.05, 3.63) is 71.8 Å². The second kappa shape index (κ2) is 7.07. The van der Waals surface area contributed by atoms with Crippen LogP contribution in [0.5, 0.6) is 0 Å². The summed E-state index contributed by atoms with van der Waals surface area (Å²) in [6, 6.07) is 10.9. The molecular weight excluding hydrogens is 398 g/mol. The molecule has 0 amide bonds. The van der Waals surface area contributed by atoms with Crippen LogP contribution in [0.3, 0.4) is 0 Å². The summed E-state index contributed by atoms with van der Waals surface area (Å²) in [6.45, 7) is 2.60. The minimum Gasteiger partial charge on any atom is -0.346 e. The van der Waals surface area contributed by atoms with Crippen molar-refractivity contribution in [3.8, 4) is 11.1 Å². The summed E-state index contributed by atoms with van der Waals surface area (Å²) in [5.74, 6) is 0.00112. The molecule has 0 radical (unpaired) electrons. The molecule has 0 saturated carbocycles. The van der Waals surface area contributed by atoms with Crippen LogP contribution in [-0.2, 0) is 16.4 Å². The average molecular weight is 422 g/mol. The van der Waals surface area contributed by atoms with E-state index in [0.717, 1.165) is 44.8 Å². The van der Waals surface area contributed by atoms with Crippen molar-refractivity contribution in [2.75, 3.05) is 19.3 Å². The summed E-state index contributed by atoms with van der Waals surface area (Å²) in [6.07, 6.45) is 7.98. The van der Waals surface area contributed by atoms with E-state index in [2.05, 4.69) is 57.3 Å². The number of aromatic nitrogens is 4. The Hall–Kier alpha value is -2.97. The maximum Gasteiger partial charge on any atom is 0.253 e. The molecule has 1 N–H and O–H groups in total. The van der Waals surface area contributed by atoms with Gasteiger partial charge in [-0.25, -0.2) is 13.4 Å². The van der Waals surface area contributed by atoms with E-state index >= 15 is 0 Å². The molecule has 0 fully saturated rings.